The summed E-state index contributed by atoms with van der Waals surface area (Å²) < 4.78 is 5.76. The van der Waals surface area contributed by atoms with E-state index in [9.17, 15) is 9.90 Å². The fraction of sp³-hybridized carbons (Fsp3) is 0.929. The van der Waals surface area contributed by atoms with Crippen LogP contribution in [0.1, 0.15) is 59.3 Å². The van der Waals surface area contributed by atoms with Gasteiger partial charge in [0.25, 0.3) is 0 Å². The second kappa shape index (κ2) is 7.10. The predicted octanol–water partition coefficient (Wildman–Crippen LogP) is 2.57. The maximum Gasteiger partial charge on any atom is 0.323 e. The summed E-state index contributed by atoms with van der Waals surface area (Å²) in [5.74, 6) is -0.780. The number of aliphatic carboxylic acids is 1. The van der Waals surface area contributed by atoms with Gasteiger partial charge in [-0.25, -0.2) is 0 Å². The second-order valence-corrected chi connectivity index (χ2v) is 5.82. The zero-order chi connectivity index (χ0) is 13.6. The Bertz CT molecular complexity index is 262. The van der Waals surface area contributed by atoms with Crippen molar-refractivity contribution in [2.75, 3.05) is 6.61 Å². The van der Waals surface area contributed by atoms with Gasteiger partial charge in [0, 0.05) is 12.6 Å². The Morgan fingerprint density at radius 3 is 2.56 bits per heavy atom. The fourth-order valence-corrected chi connectivity index (χ4v) is 2.61. The van der Waals surface area contributed by atoms with E-state index >= 15 is 0 Å². The molecular weight excluding hydrogens is 230 g/mol. The summed E-state index contributed by atoms with van der Waals surface area (Å²) in [6.45, 7) is 6.37. The molecule has 0 bridgehead atoms. The first kappa shape index (κ1) is 15.4. The average molecular weight is 257 g/mol. The molecule has 0 amide bonds. The molecule has 18 heavy (non-hydrogen) atoms. The van der Waals surface area contributed by atoms with E-state index in [1.807, 2.05) is 13.8 Å². The molecule has 1 fully saturated rings. The normalized spacial score (nSPS) is 20.2. The van der Waals surface area contributed by atoms with Crippen LogP contribution in [0.5, 0.6) is 0 Å². The van der Waals surface area contributed by atoms with Crippen molar-refractivity contribution < 1.29 is 14.6 Å². The highest BCUT2D eigenvalue weighted by molar-refractivity contribution is 5.78. The summed E-state index contributed by atoms with van der Waals surface area (Å²) in [4.78, 5) is 11.3. The van der Waals surface area contributed by atoms with Crippen LogP contribution >= 0.6 is 0 Å². The summed E-state index contributed by atoms with van der Waals surface area (Å²) in [5, 5.41) is 12.4. The summed E-state index contributed by atoms with van der Waals surface area (Å²) in [7, 11) is 0. The second-order valence-electron chi connectivity index (χ2n) is 5.82. The number of carbonyl (C=O) groups is 1. The molecule has 0 saturated heterocycles. The summed E-state index contributed by atoms with van der Waals surface area (Å²) in [5.41, 5.74) is -0.840. The average Bonchev–Trinajstić information content (AvgIpc) is 2.76. The first-order chi connectivity index (χ1) is 8.44. The lowest BCUT2D eigenvalue weighted by molar-refractivity contribution is -0.145. The molecule has 0 heterocycles. The maximum atomic E-state index is 11.3. The van der Waals surface area contributed by atoms with Gasteiger partial charge < -0.3 is 9.84 Å². The lowest BCUT2D eigenvalue weighted by Gasteiger charge is -2.28. The van der Waals surface area contributed by atoms with Crippen molar-refractivity contribution in [3.63, 3.8) is 0 Å². The number of carboxylic acids is 1. The molecule has 1 aliphatic rings. The van der Waals surface area contributed by atoms with E-state index in [2.05, 4.69) is 5.32 Å². The van der Waals surface area contributed by atoms with Crippen molar-refractivity contribution in [1.29, 1.82) is 0 Å². The van der Waals surface area contributed by atoms with Crippen molar-refractivity contribution >= 4 is 5.97 Å². The highest BCUT2D eigenvalue weighted by Crippen LogP contribution is 2.22. The SMILES string of the molecule is CC(C)NC(C)(CCCOC1CCCC1)C(=O)O. The number of nitrogens with one attached hydrogen (secondary N) is 1. The molecule has 106 valence electrons. The molecule has 0 aromatic carbocycles. The predicted molar refractivity (Wildman–Crippen MR) is 71.8 cm³/mol. The van der Waals surface area contributed by atoms with E-state index in [0.717, 1.165) is 6.42 Å². The quantitative estimate of drug-likeness (QED) is 0.656. The van der Waals surface area contributed by atoms with E-state index in [4.69, 9.17) is 4.74 Å². The van der Waals surface area contributed by atoms with Crippen LogP contribution in [-0.4, -0.2) is 35.4 Å². The molecule has 1 atom stereocenters. The van der Waals surface area contributed by atoms with Gasteiger partial charge in [-0.1, -0.05) is 12.8 Å². The van der Waals surface area contributed by atoms with Crippen LogP contribution < -0.4 is 5.32 Å². The van der Waals surface area contributed by atoms with Crippen LogP contribution in [0.4, 0.5) is 0 Å². The molecule has 1 aliphatic carbocycles. The van der Waals surface area contributed by atoms with E-state index < -0.39 is 11.5 Å². The lowest BCUT2D eigenvalue weighted by Crippen LogP contribution is -2.52. The van der Waals surface area contributed by atoms with Crippen molar-refractivity contribution in [3.8, 4) is 0 Å². The van der Waals surface area contributed by atoms with Crippen LogP contribution in [-0.2, 0) is 9.53 Å². The third kappa shape index (κ3) is 4.94. The largest absolute Gasteiger partial charge is 0.480 e. The molecule has 0 radical (unpaired) electrons. The van der Waals surface area contributed by atoms with Gasteiger partial charge in [0.05, 0.1) is 6.10 Å². The Hall–Kier alpha value is -0.610. The van der Waals surface area contributed by atoms with Crippen molar-refractivity contribution in [1.82, 2.24) is 5.32 Å². The lowest BCUT2D eigenvalue weighted by atomic mass is 9.95. The maximum absolute atomic E-state index is 11.3. The topological polar surface area (TPSA) is 58.6 Å². The zero-order valence-electron chi connectivity index (χ0n) is 11.9. The summed E-state index contributed by atoms with van der Waals surface area (Å²) >= 11 is 0. The minimum absolute atomic E-state index is 0.168. The van der Waals surface area contributed by atoms with Crippen molar-refractivity contribution in [2.45, 2.75) is 77.0 Å². The Morgan fingerprint density at radius 2 is 2.06 bits per heavy atom. The fourth-order valence-electron chi connectivity index (χ4n) is 2.61. The zero-order valence-corrected chi connectivity index (χ0v) is 11.9. The van der Waals surface area contributed by atoms with E-state index in [1.165, 1.54) is 25.7 Å². The highest BCUT2D eigenvalue weighted by atomic mass is 16.5. The number of rotatable bonds is 8. The first-order valence-electron chi connectivity index (χ1n) is 7.07. The van der Waals surface area contributed by atoms with Crippen LogP contribution in [0.2, 0.25) is 0 Å². The summed E-state index contributed by atoms with van der Waals surface area (Å²) in [6, 6.07) is 0.168. The van der Waals surface area contributed by atoms with Crippen LogP contribution in [0.15, 0.2) is 0 Å². The number of hydrogen-bond donors (Lipinski definition) is 2. The van der Waals surface area contributed by atoms with E-state index in [-0.39, 0.29) is 6.04 Å². The van der Waals surface area contributed by atoms with Gasteiger partial charge in [0.1, 0.15) is 5.54 Å². The highest BCUT2D eigenvalue weighted by Gasteiger charge is 2.32. The Kier molecular flexibility index (Phi) is 6.09. The van der Waals surface area contributed by atoms with Gasteiger partial charge in [-0.2, -0.15) is 0 Å². The molecule has 4 heteroatoms. The number of hydrogen-bond acceptors (Lipinski definition) is 3. The number of ether oxygens (including phenoxy) is 1. The summed E-state index contributed by atoms with van der Waals surface area (Å²) in [6.07, 6.45) is 6.69. The van der Waals surface area contributed by atoms with Crippen LogP contribution in [0.3, 0.4) is 0 Å². The molecule has 0 aliphatic heterocycles. The van der Waals surface area contributed by atoms with Crippen molar-refractivity contribution in [3.05, 3.63) is 0 Å². The molecule has 0 aromatic rings. The first-order valence-corrected chi connectivity index (χ1v) is 7.07. The third-order valence-corrected chi connectivity index (χ3v) is 3.56. The monoisotopic (exact) mass is 257 g/mol. The Balaban J connectivity index is 2.26. The molecule has 0 aromatic heterocycles. The van der Waals surface area contributed by atoms with Crippen LogP contribution in [0, 0.1) is 0 Å². The smallest absolute Gasteiger partial charge is 0.323 e. The van der Waals surface area contributed by atoms with E-state index in [1.54, 1.807) is 6.92 Å². The molecule has 1 unspecified atom stereocenters. The Morgan fingerprint density at radius 1 is 1.44 bits per heavy atom. The van der Waals surface area contributed by atoms with Gasteiger partial charge >= 0.3 is 5.97 Å². The minimum Gasteiger partial charge on any atom is -0.480 e. The van der Waals surface area contributed by atoms with E-state index in [0.29, 0.717) is 19.1 Å². The van der Waals surface area contributed by atoms with Crippen molar-refractivity contribution in [2.24, 2.45) is 0 Å². The standard InChI is InChI=1S/C14H27NO3/c1-11(2)15-14(3,13(16)17)9-6-10-18-12-7-4-5-8-12/h11-12,15H,4-10H2,1-3H3,(H,16,17). The Labute approximate surface area is 110 Å². The van der Waals surface area contributed by atoms with Gasteiger partial charge in [-0.3, -0.25) is 10.1 Å². The van der Waals surface area contributed by atoms with Gasteiger partial charge in [0.15, 0.2) is 0 Å². The molecule has 1 rings (SSSR count). The van der Waals surface area contributed by atoms with Gasteiger partial charge in [0.2, 0.25) is 0 Å². The number of carboxylic acid groups (broad SMARTS) is 1. The molecular formula is C14H27NO3. The molecule has 2 N–H and O–H groups in total. The molecule has 0 spiro atoms. The minimum atomic E-state index is -0.840. The van der Waals surface area contributed by atoms with Gasteiger partial charge in [-0.05, 0) is 46.5 Å². The van der Waals surface area contributed by atoms with Crippen LogP contribution in [0.25, 0.3) is 0 Å². The van der Waals surface area contributed by atoms with Gasteiger partial charge in [-0.15, -0.1) is 0 Å². The molecule has 1 saturated carbocycles. The molecule has 4 nitrogen and oxygen atoms in total. The third-order valence-electron chi connectivity index (χ3n) is 3.56.